The molecule has 0 bridgehead atoms. The number of guanidine groups is 1. The van der Waals surface area contributed by atoms with Crippen molar-refractivity contribution in [1.29, 1.82) is 0 Å². The highest BCUT2D eigenvalue weighted by Gasteiger charge is 2.28. The van der Waals surface area contributed by atoms with Gasteiger partial charge in [-0.2, -0.15) is 4.31 Å². The Bertz CT molecular complexity index is 871. The summed E-state index contributed by atoms with van der Waals surface area (Å²) in [6.07, 6.45) is 1.38. The highest BCUT2D eigenvalue weighted by Crippen LogP contribution is 2.13. The van der Waals surface area contributed by atoms with Gasteiger partial charge in [-0.15, -0.1) is 0 Å². The van der Waals surface area contributed by atoms with Gasteiger partial charge in [-0.3, -0.25) is 0 Å². The second kappa shape index (κ2) is 9.20. The summed E-state index contributed by atoms with van der Waals surface area (Å²) in [5.41, 5.74) is 2.80. The summed E-state index contributed by atoms with van der Waals surface area (Å²) in [6.45, 7) is 7.48. The largest absolute Gasteiger partial charge is 0.364 e. The van der Waals surface area contributed by atoms with Gasteiger partial charge in [0.2, 0.25) is 10.0 Å². The molecule has 1 aromatic heterocycles. The van der Waals surface area contributed by atoms with Gasteiger partial charge in [-0.05, 0) is 19.4 Å². The zero-order valence-electron chi connectivity index (χ0n) is 16.3. The predicted molar refractivity (Wildman–Crippen MR) is 108 cm³/mol. The molecule has 0 amide bonds. The van der Waals surface area contributed by atoms with E-state index in [4.69, 9.17) is 9.52 Å². The number of hydrogen-bond acceptors (Lipinski definition) is 5. The van der Waals surface area contributed by atoms with Crippen LogP contribution in [0.15, 0.2) is 46.1 Å². The fraction of sp³-hybridized carbons (Fsp3) is 0.474. The van der Waals surface area contributed by atoms with Gasteiger partial charge in [0, 0.05) is 38.8 Å². The third-order valence-corrected chi connectivity index (χ3v) is 6.43. The first-order chi connectivity index (χ1) is 13.5. The van der Waals surface area contributed by atoms with Crippen LogP contribution in [0.3, 0.4) is 0 Å². The Balaban J connectivity index is 1.60. The Hall–Kier alpha value is -2.39. The van der Waals surface area contributed by atoms with Crippen molar-refractivity contribution in [3.05, 3.63) is 53.4 Å². The first-order valence-electron chi connectivity index (χ1n) is 9.44. The van der Waals surface area contributed by atoms with Crippen LogP contribution in [0.5, 0.6) is 0 Å². The zero-order chi connectivity index (χ0) is 20.0. The van der Waals surface area contributed by atoms with Crippen molar-refractivity contribution >= 4 is 16.0 Å². The minimum atomic E-state index is -3.40. The maximum atomic E-state index is 12.6. The fourth-order valence-electron chi connectivity index (χ4n) is 3.05. The van der Waals surface area contributed by atoms with Crippen molar-refractivity contribution in [3.63, 3.8) is 0 Å². The number of hydrogen-bond donors (Lipinski definition) is 1. The molecule has 28 heavy (non-hydrogen) atoms. The lowest BCUT2D eigenvalue weighted by Crippen LogP contribution is -2.53. The predicted octanol–water partition coefficient (Wildman–Crippen LogP) is 1.60. The van der Waals surface area contributed by atoms with Crippen LogP contribution in [-0.2, 0) is 22.3 Å². The topological polar surface area (TPSA) is 91.0 Å². The normalized spacial score (nSPS) is 16.4. The number of aryl methyl sites for hydroxylation is 1. The third kappa shape index (κ3) is 5.32. The minimum Gasteiger partial charge on any atom is -0.364 e. The van der Waals surface area contributed by atoms with E-state index in [0.717, 1.165) is 18.1 Å². The van der Waals surface area contributed by atoms with Crippen LogP contribution in [0.1, 0.15) is 23.7 Å². The van der Waals surface area contributed by atoms with Crippen LogP contribution in [0.4, 0.5) is 0 Å². The number of rotatable bonds is 6. The molecule has 8 nitrogen and oxygen atoms in total. The van der Waals surface area contributed by atoms with Crippen molar-refractivity contribution in [2.24, 2.45) is 4.99 Å². The average molecular weight is 406 g/mol. The van der Waals surface area contributed by atoms with E-state index in [-0.39, 0.29) is 5.75 Å². The lowest BCUT2D eigenvalue weighted by Gasteiger charge is -2.35. The van der Waals surface area contributed by atoms with Crippen molar-refractivity contribution in [3.8, 4) is 0 Å². The van der Waals surface area contributed by atoms with Crippen LogP contribution >= 0.6 is 0 Å². The molecular formula is C19H27N5O3S. The molecule has 0 spiro atoms. The molecule has 152 valence electrons. The van der Waals surface area contributed by atoms with Gasteiger partial charge >= 0.3 is 0 Å². The van der Waals surface area contributed by atoms with Gasteiger partial charge in [0.25, 0.3) is 0 Å². The molecule has 0 unspecified atom stereocenters. The zero-order valence-corrected chi connectivity index (χ0v) is 17.2. The lowest BCUT2D eigenvalue weighted by molar-refractivity contribution is 0.259. The molecule has 1 aliphatic heterocycles. The van der Waals surface area contributed by atoms with Crippen molar-refractivity contribution in [2.45, 2.75) is 26.1 Å². The molecule has 0 aliphatic carbocycles. The molecule has 9 heteroatoms. The lowest BCUT2D eigenvalue weighted by atomic mass is 10.1. The third-order valence-electron chi connectivity index (χ3n) is 4.62. The molecule has 2 aromatic rings. The van der Waals surface area contributed by atoms with Crippen molar-refractivity contribution < 1.29 is 12.9 Å². The van der Waals surface area contributed by atoms with Crippen LogP contribution in [0, 0.1) is 6.92 Å². The summed E-state index contributed by atoms with van der Waals surface area (Å²) in [7, 11) is -3.40. The van der Waals surface area contributed by atoms with Crippen molar-refractivity contribution in [1.82, 2.24) is 19.7 Å². The van der Waals surface area contributed by atoms with E-state index in [9.17, 15) is 8.42 Å². The molecule has 0 atom stereocenters. The second-order valence-corrected chi connectivity index (χ2v) is 8.76. The van der Waals surface area contributed by atoms with Crippen molar-refractivity contribution in [2.75, 3.05) is 32.7 Å². The Morgan fingerprint density at radius 2 is 1.89 bits per heavy atom. The summed E-state index contributed by atoms with van der Waals surface area (Å²) in [5, 5.41) is 7.01. The van der Waals surface area contributed by atoms with Gasteiger partial charge in [-0.25, -0.2) is 13.4 Å². The van der Waals surface area contributed by atoms with E-state index in [1.807, 2.05) is 6.92 Å². The monoisotopic (exact) mass is 405 g/mol. The van der Waals surface area contributed by atoms with Gasteiger partial charge in [0.15, 0.2) is 5.96 Å². The number of aliphatic imine (C=N–C) groups is 1. The number of nitrogens with zero attached hydrogens (tertiary/aromatic N) is 4. The first-order valence-corrected chi connectivity index (χ1v) is 11.0. The van der Waals surface area contributed by atoms with E-state index < -0.39 is 10.0 Å². The molecule has 3 rings (SSSR count). The first kappa shape index (κ1) is 20.3. The highest BCUT2D eigenvalue weighted by atomic mass is 32.2. The quantitative estimate of drug-likeness (QED) is 0.580. The van der Waals surface area contributed by atoms with E-state index in [0.29, 0.717) is 38.4 Å². The molecule has 2 heterocycles. The second-order valence-electron chi connectivity index (χ2n) is 6.79. The summed E-state index contributed by atoms with van der Waals surface area (Å²) >= 11 is 0. The molecular weight excluding hydrogens is 378 g/mol. The molecule has 0 saturated carbocycles. The number of benzene rings is 1. The highest BCUT2D eigenvalue weighted by molar-refractivity contribution is 7.88. The number of sulfonamides is 1. The maximum Gasteiger partial charge on any atom is 0.220 e. The summed E-state index contributed by atoms with van der Waals surface area (Å²) in [5.74, 6) is 0.682. The molecule has 1 aliphatic rings. The summed E-state index contributed by atoms with van der Waals surface area (Å²) < 4.78 is 31.4. The van der Waals surface area contributed by atoms with Crippen LogP contribution in [0.2, 0.25) is 0 Å². The fourth-order valence-corrected chi connectivity index (χ4v) is 4.48. The van der Waals surface area contributed by atoms with Gasteiger partial charge in [-0.1, -0.05) is 35.0 Å². The van der Waals surface area contributed by atoms with Gasteiger partial charge < -0.3 is 14.7 Å². The molecule has 1 saturated heterocycles. The van der Waals surface area contributed by atoms with E-state index in [1.165, 1.54) is 16.1 Å². The Labute approximate surface area is 166 Å². The smallest absolute Gasteiger partial charge is 0.220 e. The Morgan fingerprint density at radius 3 is 2.50 bits per heavy atom. The number of nitrogens with one attached hydrogen (secondary N) is 1. The standard InChI is InChI=1S/C19H27N5O3S/c1-3-20-19(21-14-17-6-4-16(2)5-7-17)23-9-11-24(12-10-23)28(25,26)15-18-8-13-27-22-18/h4-8,13H,3,9-12,14-15H2,1-2H3,(H,20,21). The maximum absolute atomic E-state index is 12.6. The Morgan fingerprint density at radius 1 is 1.18 bits per heavy atom. The number of aromatic nitrogens is 1. The Kier molecular flexibility index (Phi) is 6.69. The molecule has 1 fully saturated rings. The van der Waals surface area contributed by atoms with E-state index >= 15 is 0 Å². The van der Waals surface area contributed by atoms with Crippen LogP contribution in [-0.4, -0.2) is 61.5 Å². The van der Waals surface area contributed by atoms with Crippen LogP contribution < -0.4 is 5.32 Å². The van der Waals surface area contributed by atoms with Crippen LogP contribution in [0.25, 0.3) is 0 Å². The van der Waals surface area contributed by atoms with E-state index in [2.05, 4.69) is 46.6 Å². The average Bonchev–Trinajstić information content (AvgIpc) is 3.19. The molecule has 0 radical (unpaired) electrons. The van der Waals surface area contributed by atoms with E-state index in [1.54, 1.807) is 6.07 Å². The van der Waals surface area contributed by atoms with Gasteiger partial charge in [0.05, 0.1) is 12.2 Å². The molecule has 1 N–H and O–H groups in total. The minimum absolute atomic E-state index is 0.134. The molecule has 1 aromatic carbocycles. The summed E-state index contributed by atoms with van der Waals surface area (Å²) in [4.78, 5) is 6.84. The summed E-state index contributed by atoms with van der Waals surface area (Å²) in [6, 6.07) is 9.90. The SMILES string of the molecule is CCNC(=NCc1ccc(C)cc1)N1CCN(S(=O)(=O)Cc2ccon2)CC1. The number of piperazine rings is 1. The van der Waals surface area contributed by atoms with Gasteiger partial charge in [0.1, 0.15) is 12.0 Å².